The van der Waals surface area contributed by atoms with Crippen molar-refractivity contribution < 1.29 is 4.92 Å². The summed E-state index contributed by atoms with van der Waals surface area (Å²) < 4.78 is 0. The first-order chi connectivity index (χ1) is 7.46. The number of nitro benzene ring substituents is 1. The molecular formula is C12H18N2O2. The maximum Gasteiger partial charge on any atom is 0.292 e. The van der Waals surface area contributed by atoms with E-state index in [4.69, 9.17) is 0 Å². The highest BCUT2D eigenvalue weighted by Crippen LogP contribution is 2.27. The second kappa shape index (κ2) is 4.96. The van der Waals surface area contributed by atoms with E-state index in [9.17, 15) is 10.1 Å². The van der Waals surface area contributed by atoms with Crippen LogP contribution in [0.1, 0.15) is 33.6 Å². The summed E-state index contributed by atoms with van der Waals surface area (Å²) in [5, 5.41) is 14.1. The molecule has 0 saturated carbocycles. The van der Waals surface area contributed by atoms with E-state index in [0.29, 0.717) is 5.69 Å². The molecule has 0 aromatic heterocycles. The molecule has 1 aromatic rings. The van der Waals surface area contributed by atoms with Crippen LogP contribution in [0.4, 0.5) is 11.4 Å². The Bertz CT molecular complexity index is 375. The topological polar surface area (TPSA) is 55.2 Å². The smallest absolute Gasteiger partial charge is 0.292 e. The number of anilines is 1. The first-order valence-corrected chi connectivity index (χ1v) is 5.48. The van der Waals surface area contributed by atoms with Crippen LogP contribution in [0.5, 0.6) is 0 Å². The van der Waals surface area contributed by atoms with Crippen LogP contribution in [0.2, 0.25) is 0 Å². The molecule has 4 heteroatoms. The van der Waals surface area contributed by atoms with Crippen molar-refractivity contribution in [2.75, 3.05) is 5.32 Å². The van der Waals surface area contributed by atoms with Crippen LogP contribution in [0, 0.1) is 10.1 Å². The Labute approximate surface area is 95.8 Å². The first kappa shape index (κ1) is 12.5. The van der Waals surface area contributed by atoms with Crippen molar-refractivity contribution in [1.29, 1.82) is 0 Å². The Balaban J connectivity index is 2.92. The molecule has 0 fully saturated rings. The summed E-state index contributed by atoms with van der Waals surface area (Å²) in [4.78, 5) is 10.5. The molecule has 0 aliphatic carbocycles. The van der Waals surface area contributed by atoms with Gasteiger partial charge in [0, 0.05) is 11.6 Å². The van der Waals surface area contributed by atoms with Crippen LogP contribution in [0.3, 0.4) is 0 Å². The number of para-hydroxylation sites is 2. The zero-order valence-electron chi connectivity index (χ0n) is 9.99. The van der Waals surface area contributed by atoms with Gasteiger partial charge in [-0.15, -0.1) is 0 Å². The number of benzene rings is 1. The van der Waals surface area contributed by atoms with Crippen LogP contribution in [0.25, 0.3) is 0 Å². The van der Waals surface area contributed by atoms with Gasteiger partial charge < -0.3 is 5.32 Å². The highest BCUT2D eigenvalue weighted by molar-refractivity contribution is 5.62. The van der Waals surface area contributed by atoms with E-state index in [1.807, 2.05) is 13.8 Å². The maximum absolute atomic E-state index is 10.8. The van der Waals surface area contributed by atoms with Gasteiger partial charge in [0.05, 0.1) is 4.92 Å². The molecule has 0 radical (unpaired) electrons. The van der Waals surface area contributed by atoms with Crippen molar-refractivity contribution in [1.82, 2.24) is 0 Å². The summed E-state index contributed by atoms with van der Waals surface area (Å²) in [5.74, 6) is 0. The highest BCUT2D eigenvalue weighted by atomic mass is 16.6. The van der Waals surface area contributed by atoms with Crippen molar-refractivity contribution in [2.24, 2.45) is 0 Å². The van der Waals surface area contributed by atoms with E-state index in [1.165, 1.54) is 6.07 Å². The average Bonchev–Trinajstić information content (AvgIpc) is 2.17. The summed E-state index contributed by atoms with van der Waals surface area (Å²) in [5.41, 5.74) is 0.596. The van der Waals surface area contributed by atoms with E-state index in [2.05, 4.69) is 12.2 Å². The molecule has 0 unspecified atom stereocenters. The second-order valence-electron chi connectivity index (χ2n) is 4.53. The van der Waals surface area contributed by atoms with Gasteiger partial charge in [-0.1, -0.05) is 25.5 Å². The van der Waals surface area contributed by atoms with Gasteiger partial charge >= 0.3 is 0 Å². The number of nitrogens with zero attached hydrogens (tertiary/aromatic N) is 1. The molecule has 0 saturated heterocycles. The van der Waals surface area contributed by atoms with Gasteiger partial charge in [-0.25, -0.2) is 0 Å². The minimum absolute atomic E-state index is 0.124. The van der Waals surface area contributed by atoms with Gasteiger partial charge in [-0.2, -0.15) is 0 Å². The van der Waals surface area contributed by atoms with Crippen molar-refractivity contribution in [3.05, 3.63) is 34.4 Å². The van der Waals surface area contributed by atoms with E-state index >= 15 is 0 Å². The zero-order chi connectivity index (χ0) is 12.2. The SMILES string of the molecule is CCCC(C)(C)Nc1ccccc1[N+](=O)[O-]. The first-order valence-electron chi connectivity index (χ1n) is 5.48. The lowest BCUT2D eigenvalue weighted by molar-refractivity contribution is -0.384. The molecule has 4 nitrogen and oxygen atoms in total. The van der Waals surface area contributed by atoms with Gasteiger partial charge in [0.1, 0.15) is 5.69 Å². The van der Waals surface area contributed by atoms with Crippen LogP contribution in [-0.4, -0.2) is 10.5 Å². The molecule has 0 heterocycles. The summed E-state index contributed by atoms with van der Waals surface area (Å²) in [6.07, 6.45) is 2.01. The van der Waals surface area contributed by atoms with Crippen LogP contribution in [0.15, 0.2) is 24.3 Å². The maximum atomic E-state index is 10.8. The van der Waals surface area contributed by atoms with Crippen LogP contribution >= 0.6 is 0 Å². The molecular weight excluding hydrogens is 204 g/mol. The molecule has 0 amide bonds. The Hall–Kier alpha value is -1.58. The van der Waals surface area contributed by atoms with E-state index in [0.717, 1.165) is 12.8 Å². The number of nitrogens with one attached hydrogen (secondary N) is 1. The minimum Gasteiger partial charge on any atom is -0.375 e. The number of hydrogen-bond acceptors (Lipinski definition) is 3. The van der Waals surface area contributed by atoms with Gasteiger partial charge in [-0.05, 0) is 26.3 Å². The van der Waals surface area contributed by atoms with Gasteiger partial charge in [0.25, 0.3) is 5.69 Å². The second-order valence-corrected chi connectivity index (χ2v) is 4.53. The lowest BCUT2D eigenvalue weighted by Gasteiger charge is -2.26. The number of nitro groups is 1. The fourth-order valence-corrected chi connectivity index (χ4v) is 1.79. The molecule has 1 N–H and O–H groups in total. The number of hydrogen-bond donors (Lipinski definition) is 1. The fraction of sp³-hybridized carbons (Fsp3) is 0.500. The normalized spacial score (nSPS) is 11.2. The Morgan fingerprint density at radius 1 is 1.38 bits per heavy atom. The molecule has 0 bridgehead atoms. The zero-order valence-corrected chi connectivity index (χ0v) is 9.99. The standard InChI is InChI=1S/C12H18N2O2/c1-4-9-12(2,3)13-10-7-5-6-8-11(10)14(15)16/h5-8,13H,4,9H2,1-3H3. The van der Waals surface area contributed by atoms with E-state index in [-0.39, 0.29) is 16.1 Å². The molecule has 1 aromatic carbocycles. The van der Waals surface area contributed by atoms with Gasteiger partial charge in [-0.3, -0.25) is 10.1 Å². The molecule has 0 atom stereocenters. The lowest BCUT2D eigenvalue weighted by atomic mass is 9.98. The third-order valence-electron chi connectivity index (χ3n) is 2.45. The van der Waals surface area contributed by atoms with Crippen molar-refractivity contribution in [3.8, 4) is 0 Å². The summed E-state index contributed by atoms with van der Waals surface area (Å²) in [7, 11) is 0. The third kappa shape index (κ3) is 3.22. The van der Waals surface area contributed by atoms with Crippen molar-refractivity contribution in [2.45, 2.75) is 39.2 Å². The molecule has 0 aliphatic rings. The molecule has 88 valence electrons. The number of rotatable bonds is 5. The Morgan fingerprint density at radius 2 is 2.00 bits per heavy atom. The third-order valence-corrected chi connectivity index (χ3v) is 2.45. The monoisotopic (exact) mass is 222 g/mol. The van der Waals surface area contributed by atoms with Crippen LogP contribution < -0.4 is 5.32 Å². The molecule has 16 heavy (non-hydrogen) atoms. The minimum atomic E-state index is -0.357. The summed E-state index contributed by atoms with van der Waals surface area (Å²) in [6, 6.07) is 6.74. The van der Waals surface area contributed by atoms with E-state index < -0.39 is 0 Å². The molecule has 0 aliphatic heterocycles. The van der Waals surface area contributed by atoms with E-state index in [1.54, 1.807) is 18.2 Å². The Morgan fingerprint density at radius 3 is 2.56 bits per heavy atom. The average molecular weight is 222 g/mol. The van der Waals surface area contributed by atoms with Crippen molar-refractivity contribution in [3.63, 3.8) is 0 Å². The quantitative estimate of drug-likeness (QED) is 0.612. The van der Waals surface area contributed by atoms with Gasteiger partial charge in [0.2, 0.25) is 0 Å². The summed E-state index contributed by atoms with van der Waals surface area (Å²) >= 11 is 0. The highest BCUT2D eigenvalue weighted by Gasteiger charge is 2.20. The predicted octanol–water partition coefficient (Wildman–Crippen LogP) is 3.59. The lowest BCUT2D eigenvalue weighted by Crippen LogP contribution is -2.30. The largest absolute Gasteiger partial charge is 0.375 e. The van der Waals surface area contributed by atoms with Gasteiger partial charge in [0.15, 0.2) is 0 Å². The Kier molecular flexibility index (Phi) is 3.88. The van der Waals surface area contributed by atoms with Crippen molar-refractivity contribution >= 4 is 11.4 Å². The predicted molar refractivity (Wildman–Crippen MR) is 65.7 cm³/mol. The fourth-order valence-electron chi connectivity index (χ4n) is 1.79. The molecule has 1 rings (SSSR count). The summed E-state index contributed by atoms with van der Waals surface area (Å²) in [6.45, 7) is 6.20. The van der Waals surface area contributed by atoms with Crippen LogP contribution in [-0.2, 0) is 0 Å². The molecule has 0 spiro atoms.